The molecule has 0 saturated heterocycles. The first-order valence-electron chi connectivity index (χ1n) is 7.93. The monoisotopic (exact) mass is 327 g/mol. The van der Waals surface area contributed by atoms with Crippen LogP contribution in [0.3, 0.4) is 0 Å². The van der Waals surface area contributed by atoms with E-state index in [1.807, 2.05) is 61.5 Å². The molecule has 0 radical (unpaired) electrons. The Hall–Kier alpha value is -3.45. The van der Waals surface area contributed by atoms with E-state index >= 15 is 0 Å². The molecule has 25 heavy (non-hydrogen) atoms. The molecule has 0 spiro atoms. The molecule has 0 unspecified atom stereocenters. The fraction of sp³-hybridized carbons (Fsp3) is 0.0952. The summed E-state index contributed by atoms with van der Waals surface area (Å²) in [7, 11) is 0. The molecular weight excluding hydrogens is 310 g/mol. The standard InChI is InChI=1S/C21H17N3O/c1-14-21(24-15(2)25)19(18-10-6-7-16(11-18)13-22)12-20(23-14)17-8-4-3-5-9-17/h3-12H,1-2H3,(H,24,25). The van der Waals surface area contributed by atoms with E-state index in [1.54, 1.807) is 6.07 Å². The Morgan fingerprint density at radius 1 is 1.04 bits per heavy atom. The summed E-state index contributed by atoms with van der Waals surface area (Å²) in [5.41, 5.74) is 5.50. The maximum Gasteiger partial charge on any atom is 0.221 e. The summed E-state index contributed by atoms with van der Waals surface area (Å²) >= 11 is 0. The van der Waals surface area contributed by atoms with Gasteiger partial charge < -0.3 is 5.32 Å². The zero-order valence-electron chi connectivity index (χ0n) is 14.1. The van der Waals surface area contributed by atoms with Crippen molar-refractivity contribution in [2.45, 2.75) is 13.8 Å². The SMILES string of the molecule is CC(=O)Nc1c(-c2cccc(C#N)c2)cc(-c2ccccc2)nc1C. The highest BCUT2D eigenvalue weighted by Gasteiger charge is 2.14. The van der Waals surface area contributed by atoms with Crippen molar-refractivity contribution >= 4 is 11.6 Å². The predicted octanol–water partition coefficient (Wildman–Crippen LogP) is 4.55. The molecule has 4 heteroatoms. The fourth-order valence-electron chi connectivity index (χ4n) is 2.75. The van der Waals surface area contributed by atoms with Gasteiger partial charge in [0.05, 0.1) is 28.7 Å². The molecule has 0 aliphatic carbocycles. The zero-order chi connectivity index (χ0) is 17.8. The molecule has 3 rings (SSSR count). The van der Waals surface area contributed by atoms with E-state index in [0.717, 1.165) is 28.1 Å². The summed E-state index contributed by atoms with van der Waals surface area (Å²) in [6.45, 7) is 3.34. The average molecular weight is 327 g/mol. The van der Waals surface area contributed by atoms with Gasteiger partial charge in [-0.25, -0.2) is 0 Å². The van der Waals surface area contributed by atoms with Gasteiger partial charge in [0.2, 0.25) is 5.91 Å². The van der Waals surface area contributed by atoms with Crippen LogP contribution in [0.4, 0.5) is 5.69 Å². The van der Waals surface area contributed by atoms with E-state index in [1.165, 1.54) is 6.92 Å². The molecule has 2 aromatic carbocycles. The van der Waals surface area contributed by atoms with Gasteiger partial charge in [-0.2, -0.15) is 5.26 Å². The number of nitriles is 1. The van der Waals surface area contributed by atoms with Gasteiger partial charge in [0.25, 0.3) is 0 Å². The average Bonchev–Trinajstić information content (AvgIpc) is 2.63. The van der Waals surface area contributed by atoms with Crippen molar-refractivity contribution in [3.8, 4) is 28.5 Å². The lowest BCUT2D eigenvalue weighted by atomic mass is 9.98. The summed E-state index contributed by atoms with van der Waals surface area (Å²) in [6, 6.07) is 21.3. The fourth-order valence-corrected chi connectivity index (χ4v) is 2.75. The van der Waals surface area contributed by atoms with Crippen molar-refractivity contribution in [1.29, 1.82) is 5.26 Å². The van der Waals surface area contributed by atoms with Gasteiger partial charge in [-0.3, -0.25) is 9.78 Å². The molecule has 0 fully saturated rings. The van der Waals surface area contributed by atoms with Crippen LogP contribution in [0.5, 0.6) is 0 Å². The quantitative estimate of drug-likeness (QED) is 0.767. The van der Waals surface area contributed by atoms with Crippen LogP contribution in [0.15, 0.2) is 60.7 Å². The number of benzene rings is 2. The second-order valence-electron chi connectivity index (χ2n) is 5.76. The van der Waals surface area contributed by atoms with Crippen molar-refractivity contribution in [2.24, 2.45) is 0 Å². The minimum absolute atomic E-state index is 0.157. The van der Waals surface area contributed by atoms with Crippen molar-refractivity contribution < 1.29 is 4.79 Å². The smallest absolute Gasteiger partial charge is 0.221 e. The molecule has 0 bridgehead atoms. The Morgan fingerprint density at radius 2 is 1.76 bits per heavy atom. The number of hydrogen-bond acceptors (Lipinski definition) is 3. The van der Waals surface area contributed by atoms with Gasteiger partial charge in [0.15, 0.2) is 0 Å². The van der Waals surface area contributed by atoms with Crippen LogP contribution < -0.4 is 5.32 Å². The number of pyridine rings is 1. The number of rotatable bonds is 3. The van der Waals surface area contributed by atoms with Gasteiger partial charge in [0, 0.05) is 18.1 Å². The zero-order valence-corrected chi connectivity index (χ0v) is 14.1. The van der Waals surface area contributed by atoms with Gasteiger partial charge in [0.1, 0.15) is 0 Å². The molecule has 0 aliphatic rings. The number of aromatic nitrogens is 1. The minimum Gasteiger partial charge on any atom is -0.324 e. The minimum atomic E-state index is -0.157. The molecule has 1 aromatic heterocycles. The lowest BCUT2D eigenvalue weighted by Crippen LogP contribution is -2.10. The van der Waals surface area contributed by atoms with Crippen LogP contribution in [-0.4, -0.2) is 10.9 Å². The number of carbonyl (C=O) groups is 1. The maximum absolute atomic E-state index is 11.6. The third-order valence-electron chi connectivity index (χ3n) is 3.87. The topological polar surface area (TPSA) is 65.8 Å². The first kappa shape index (κ1) is 16.4. The first-order valence-corrected chi connectivity index (χ1v) is 7.93. The van der Waals surface area contributed by atoms with E-state index in [4.69, 9.17) is 0 Å². The summed E-state index contributed by atoms with van der Waals surface area (Å²) in [5, 5.41) is 12.1. The highest BCUT2D eigenvalue weighted by Crippen LogP contribution is 2.34. The van der Waals surface area contributed by atoms with E-state index in [9.17, 15) is 10.1 Å². The molecule has 1 amide bonds. The third kappa shape index (κ3) is 3.56. The van der Waals surface area contributed by atoms with Crippen LogP contribution in [0.1, 0.15) is 18.2 Å². The summed E-state index contributed by atoms with van der Waals surface area (Å²) < 4.78 is 0. The first-order chi connectivity index (χ1) is 12.1. The lowest BCUT2D eigenvalue weighted by Gasteiger charge is -2.15. The van der Waals surface area contributed by atoms with Crippen molar-refractivity contribution in [3.63, 3.8) is 0 Å². The largest absolute Gasteiger partial charge is 0.324 e. The normalized spacial score (nSPS) is 10.1. The predicted molar refractivity (Wildman–Crippen MR) is 98.9 cm³/mol. The number of carbonyl (C=O) groups excluding carboxylic acids is 1. The van der Waals surface area contributed by atoms with Crippen LogP contribution in [0, 0.1) is 18.3 Å². The Labute approximate surface area is 146 Å². The van der Waals surface area contributed by atoms with Crippen LogP contribution in [0.2, 0.25) is 0 Å². The van der Waals surface area contributed by atoms with E-state index in [-0.39, 0.29) is 5.91 Å². The number of anilines is 1. The number of nitrogens with one attached hydrogen (secondary N) is 1. The third-order valence-corrected chi connectivity index (χ3v) is 3.87. The molecule has 0 atom stereocenters. The van der Waals surface area contributed by atoms with Crippen molar-refractivity contribution in [3.05, 3.63) is 71.9 Å². The van der Waals surface area contributed by atoms with Crippen LogP contribution in [-0.2, 0) is 4.79 Å². The Kier molecular flexibility index (Phi) is 4.58. The van der Waals surface area contributed by atoms with Crippen LogP contribution in [0.25, 0.3) is 22.4 Å². The molecule has 1 heterocycles. The number of nitrogens with zero attached hydrogens (tertiary/aromatic N) is 2. The van der Waals surface area contributed by atoms with Gasteiger partial charge in [-0.1, -0.05) is 42.5 Å². The molecule has 0 saturated carbocycles. The number of amides is 1. The van der Waals surface area contributed by atoms with Crippen LogP contribution >= 0.6 is 0 Å². The second kappa shape index (κ2) is 6.98. The van der Waals surface area contributed by atoms with Gasteiger partial charge in [-0.05, 0) is 30.7 Å². The Bertz CT molecular complexity index is 972. The number of aryl methyl sites for hydroxylation is 1. The van der Waals surface area contributed by atoms with Gasteiger partial charge >= 0.3 is 0 Å². The second-order valence-corrected chi connectivity index (χ2v) is 5.76. The van der Waals surface area contributed by atoms with Gasteiger partial charge in [-0.15, -0.1) is 0 Å². The van der Waals surface area contributed by atoms with E-state index in [0.29, 0.717) is 11.3 Å². The number of hydrogen-bond donors (Lipinski definition) is 1. The summed E-state index contributed by atoms with van der Waals surface area (Å²) in [6.07, 6.45) is 0. The van der Waals surface area contributed by atoms with Crippen molar-refractivity contribution in [1.82, 2.24) is 4.98 Å². The Morgan fingerprint density at radius 3 is 2.44 bits per heavy atom. The molecule has 1 N–H and O–H groups in total. The van der Waals surface area contributed by atoms with E-state index < -0.39 is 0 Å². The molecule has 4 nitrogen and oxygen atoms in total. The molecule has 3 aromatic rings. The highest BCUT2D eigenvalue weighted by atomic mass is 16.1. The lowest BCUT2D eigenvalue weighted by molar-refractivity contribution is -0.114. The summed E-state index contributed by atoms with van der Waals surface area (Å²) in [5.74, 6) is -0.157. The van der Waals surface area contributed by atoms with E-state index in [2.05, 4.69) is 16.4 Å². The molecular formula is C21H17N3O. The summed E-state index contributed by atoms with van der Waals surface area (Å²) in [4.78, 5) is 16.3. The Balaban J connectivity index is 2.23. The molecule has 0 aliphatic heterocycles. The highest BCUT2D eigenvalue weighted by molar-refractivity contribution is 5.96. The molecule has 122 valence electrons. The van der Waals surface area contributed by atoms with Crippen molar-refractivity contribution in [2.75, 3.05) is 5.32 Å². The maximum atomic E-state index is 11.6.